The van der Waals surface area contributed by atoms with E-state index in [9.17, 15) is 0 Å². The van der Waals surface area contributed by atoms with Gasteiger partial charge in [0.2, 0.25) is 0 Å². The number of fused-ring (bicyclic) bond motifs is 4. The summed E-state index contributed by atoms with van der Waals surface area (Å²) >= 11 is 0. The number of allylic oxidation sites excluding steroid dienone is 3. The Morgan fingerprint density at radius 3 is 2.44 bits per heavy atom. The van der Waals surface area contributed by atoms with Crippen LogP contribution in [0, 0.1) is 0 Å². The molecule has 0 aromatic heterocycles. The number of benzene rings is 2. The van der Waals surface area contributed by atoms with Gasteiger partial charge in [-0.1, -0.05) is 42.5 Å². The average molecular weight is 326 g/mol. The Bertz CT molecular complexity index is 923. The molecule has 0 bridgehead atoms. The second kappa shape index (κ2) is 5.73. The topological polar surface area (TPSA) is 0 Å². The smallest absolute Gasteiger partial charge is 0.00514 e. The van der Waals surface area contributed by atoms with E-state index in [2.05, 4.69) is 43.8 Å². The van der Waals surface area contributed by atoms with Gasteiger partial charge >= 0.3 is 0 Å². The molecule has 3 aliphatic rings. The Morgan fingerprint density at radius 1 is 0.760 bits per heavy atom. The summed E-state index contributed by atoms with van der Waals surface area (Å²) in [6, 6.07) is 11.8. The molecular weight excluding hydrogens is 300 g/mol. The summed E-state index contributed by atoms with van der Waals surface area (Å²) in [7, 11) is 0. The zero-order chi connectivity index (χ0) is 17.0. The third-order valence-electron chi connectivity index (χ3n) is 6.53. The molecule has 2 aromatic rings. The van der Waals surface area contributed by atoms with Gasteiger partial charge in [0, 0.05) is 0 Å². The zero-order valence-corrected chi connectivity index (χ0v) is 15.3. The number of aryl methyl sites for hydroxylation is 3. The van der Waals surface area contributed by atoms with Crippen LogP contribution < -0.4 is 0 Å². The van der Waals surface area contributed by atoms with Gasteiger partial charge in [-0.3, -0.25) is 0 Å². The molecule has 2 aromatic carbocycles. The number of rotatable bonds is 1. The second-order valence-corrected chi connectivity index (χ2v) is 8.08. The van der Waals surface area contributed by atoms with Gasteiger partial charge in [-0.15, -0.1) is 0 Å². The Labute approximate surface area is 151 Å². The lowest BCUT2D eigenvalue weighted by Gasteiger charge is -2.29. The maximum atomic E-state index is 4.55. The minimum Gasteiger partial charge on any atom is -0.0905 e. The molecule has 0 fully saturated rings. The molecule has 0 aliphatic heterocycles. The van der Waals surface area contributed by atoms with Gasteiger partial charge in [-0.2, -0.15) is 0 Å². The van der Waals surface area contributed by atoms with Crippen molar-refractivity contribution in [2.75, 3.05) is 0 Å². The molecule has 0 heterocycles. The molecule has 0 amide bonds. The molecule has 0 unspecified atom stereocenters. The van der Waals surface area contributed by atoms with E-state index in [4.69, 9.17) is 0 Å². The summed E-state index contributed by atoms with van der Waals surface area (Å²) in [5, 5.41) is 0. The lowest BCUT2D eigenvalue weighted by molar-refractivity contribution is 0.679. The Morgan fingerprint density at radius 2 is 1.52 bits per heavy atom. The predicted molar refractivity (Wildman–Crippen MR) is 107 cm³/mol. The monoisotopic (exact) mass is 326 g/mol. The highest BCUT2D eigenvalue weighted by Gasteiger charge is 2.25. The Hall–Kier alpha value is -2.08. The summed E-state index contributed by atoms with van der Waals surface area (Å²) < 4.78 is 0. The highest BCUT2D eigenvalue weighted by molar-refractivity contribution is 6.07. The van der Waals surface area contributed by atoms with Crippen molar-refractivity contribution in [1.82, 2.24) is 0 Å². The van der Waals surface area contributed by atoms with Crippen LogP contribution in [0.25, 0.3) is 11.1 Å². The maximum absolute atomic E-state index is 4.55. The van der Waals surface area contributed by atoms with Crippen LogP contribution in [0.4, 0.5) is 0 Å². The van der Waals surface area contributed by atoms with Gasteiger partial charge in [0.25, 0.3) is 0 Å². The highest BCUT2D eigenvalue weighted by atomic mass is 14.3. The third-order valence-corrected chi connectivity index (χ3v) is 6.53. The van der Waals surface area contributed by atoms with E-state index >= 15 is 0 Å². The predicted octanol–water partition coefficient (Wildman–Crippen LogP) is 6.10. The molecule has 0 saturated heterocycles. The summed E-state index contributed by atoms with van der Waals surface area (Å²) in [5.41, 5.74) is 14.8. The first-order valence-corrected chi connectivity index (χ1v) is 9.87. The van der Waals surface area contributed by atoms with Crippen LogP contribution in [0.2, 0.25) is 0 Å². The van der Waals surface area contributed by atoms with Crippen LogP contribution in [0.15, 0.2) is 42.5 Å². The van der Waals surface area contributed by atoms with Crippen LogP contribution in [0.1, 0.15) is 65.1 Å². The van der Waals surface area contributed by atoms with Gasteiger partial charge in [0.15, 0.2) is 0 Å². The molecule has 0 heteroatoms. The molecule has 0 atom stereocenters. The van der Waals surface area contributed by atoms with E-state index in [1.165, 1.54) is 72.8 Å². The van der Waals surface area contributed by atoms with Crippen LogP contribution in [0.3, 0.4) is 0 Å². The van der Waals surface area contributed by atoms with E-state index in [0.29, 0.717) is 0 Å². The van der Waals surface area contributed by atoms with E-state index in [0.717, 1.165) is 6.42 Å². The normalized spacial score (nSPS) is 18.8. The van der Waals surface area contributed by atoms with Gasteiger partial charge in [0.1, 0.15) is 0 Å². The first-order chi connectivity index (χ1) is 12.2. The number of hydrogen-bond donors (Lipinski definition) is 0. The molecule has 3 aliphatic carbocycles. The van der Waals surface area contributed by atoms with Crippen molar-refractivity contribution in [3.63, 3.8) is 0 Å². The second-order valence-electron chi connectivity index (χ2n) is 8.08. The largest absolute Gasteiger partial charge is 0.0905 e. The van der Waals surface area contributed by atoms with Crippen LogP contribution in [-0.4, -0.2) is 0 Å². The highest BCUT2D eigenvalue weighted by Crippen LogP contribution is 2.43. The maximum Gasteiger partial charge on any atom is -0.00514 e. The van der Waals surface area contributed by atoms with E-state index in [1.54, 1.807) is 27.8 Å². The lowest BCUT2D eigenvalue weighted by Crippen LogP contribution is -2.13. The average Bonchev–Trinajstić information content (AvgIpc) is 3.09. The summed E-state index contributed by atoms with van der Waals surface area (Å²) in [6.45, 7) is 6.87. The first-order valence-electron chi connectivity index (χ1n) is 9.87. The third kappa shape index (κ3) is 2.34. The van der Waals surface area contributed by atoms with E-state index in [1.807, 2.05) is 0 Å². The molecular formula is C25H26. The molecule has 0 radical (unpaired) electrons. The van der Waals surface area contributed by atoms with Crippen LogP contribution in [0.5, 0.6) is 0 Å². The molecule has 126 valence electrons. The van der Waals surface area contributed by atoms with Crippen molar-refractivity contribution < 1.29 is 0 Å². The fourth-order valence-corrected chi connectivity index (χ4v) is 5.28. The zero-order valence-electron chi connectivity index (χ0n) is 15.3. The van der Waals surface area contributed by atoms with Crippen molar-refractivity contribution in [3.05, 3.63) is 81.4 Å². The van der Waals surface area contributed by atoms with Gasteiger partial charge in [-0.25, -0.2) is 0 Å². The summed E-state index contributed by atoms with van der Waals surface area (Å²) in [4.78, 5) is 0. The van der Waals surface area contributed by atoms with Crippen molar-refractivity contribution in [2.45, 2.75) is 58.3 Å². The summed E-state index contributed by atoms with van der Waals surface area (Å²) in [6.07, 6.45) is 10.1. The lowest BCUT2D eigenvalue weighted by atomic mass is 9.75. The van der Waals surface area contributed by atoms with Crippen molar-refractivity contribution in [2.24, 2.45) is 0 Å². The molecule has 25 heavy (non-hydrogen) atoms. The fraction of sp³-hybridized carbons (Fsp3) is 0.360. The van der Waals surface area contributed by atoms with Crippen molar-refractivity contribution in [1.29, 1.82) is 0 Å². The van der Waals surface area contributed by atoms with Gasteiger partial charge in [-0.05, 0) is 108 Å². The molecule has 0 N–H and O–H groups in total. The molecule has 0 nitrogen and oxygen atoms in total. The van der Waals surface area contributed by atoms with Crippen LogP contribution >= 0.6 is 0 Å². The van der Waals surface area contributed by atoms with E-state index in [-0.39, 0.29) is 0 Å². The minimum atomic E-state index is 1.10. The standard InChI is InChI=1S/C25H26/c1-16-14-24-22(13-12-19-6-3-4-9-23(19)24)17(2)25(16)21-11-10-18-7-5-8-20(18)15-21/h10-13,15H,2-9,14H2,1H3. The fourth-order valence-electron chi connectivity index (χ4n) is 5.28. The SMILES string of the molecule is C=C1C(c2ccc3c(c2)CCC3)=C(C)Cc2c1ccc1c2CCCC1. The van der Waals surface area contributed by atoms with Crippen molar-refractivity contribution in [3.8, 4) is 0 Å². The minimum absolute atomic E-state index is 1.10. The van der Waals surface area contributed by atoms with Crippen LogP contribution in [-0.2, 0) is 32.1 Å². The Kier molecular flexibility index (Phi) is 3.48. The molecule has 0 spiro atoms. The first kappa shape index (κ1) is 15.2. The van der Waals surface area contributed by atoms with Gasteiger partial charge < -0.3 is 0 Å². The molecule has 5 rings (SSSR count). The van der Waals surface area contributed by atoms with Crippen molar-refractivity contribution >= 4 is 11.1 Å². The number of hydrogen-bond acceptors (Lipinski definition) is 0. The quantitative estimate of drug-likeness (QED) is 0.594. The Balaban J connectivity index is 1.62. The molecule has 0 saturated carbocycles. The van der Waals surface area contributed by atoms with Gasteiger partial charge in [0.05, 0.1) is 0 Å². The summed E-state index contributed by atoms with van der Waals surface area (Å²) in [5.74, 6) is 0. The van der Waals surface area contributed by atoms with E-state index < -0.39 is 0 Å².